The normalized spacial score (nSPS) is 15.0. The predicted octanol–water partition coefficient (Wildman–Crippen LogP) is 1.17. The first-order chi connectivity index (χ1) is 14.8. The largest absolute Gasteiger partial charge is 0.369 e. The van der Waals surface area contributed by atoms with Gasteiger partial charge in [-0.25, -0.2) is 9.37 Å². The van der Waals surface area contributed by atoms with Gasteiger partial charge in [-0.05, 0) is 35.9 Å². The van der Waals surface area contributed by atoms with Crippen molar-refractivity contribution in [3.63, 3.8) is 0 Å². The number of piperazine rings is 1. The number of anilines is 2. The van der Waals surface area contributed by atoms with Crippen LogP contribution in [0.15, 0.2) is 36.5 Å². The molecule has 1 fully saturated rings. The van der Waals surface area contributed by atoms with Crippen LogP contribution in [0.1, 0.15) is 22.8 Å². The molecular weight excluding hydrogens is 423 g/mol. The highest BCUT2D eigenvalue weighted by molar-refractivity contribution is 7.90. The third-order valence-electron chi connectivity index (χ3n) is 4.97. The van der Waals surface area contributed by atoms with E-state index in [1.54, 1.807) is 25.3 Å². The van der Waals surface area contributed by atoms with E-state index in [4.69, 9.17) is 0 Å². The van der Waals surface area contributed by atoms with Crippen molar-refractivity contribution in [1.82, 2.24) is 19.9 Å². The molecule has 0 radical (unpaired) electrons. The molecule has 0 atom stereocenters. The molecule has 1 aromatic heterocycles. The van der Waals surface area contributed by atoms with Crippen LogP contribution >= 0.6 is 0 Å². The van der Waals surface area contributed by atoms with E-state index in [1.807, 2.05) is 6.07 Å². The lowest BCUT2D eigenvalue weighted by Crippen LogP contribution is -2.46. The topological polar surface area (TPSA) is 107 Å². The Hall–Kier alpha value is -2.76. The SMILES string of the molecule is CCNS(=O)(=O)Nc1cc(CN2CCN(c3ccc(C(=O)NC)c(F)c3)CC2)ccn1. The second-order valence-electron chi connectivity index (χ2n) is 7.16. The van der Waals surface area contributed by atoms with Gasteiger partial charge in [0.15, 0.2) is 0 Å². The predicted molar refractivity (Wildman–Crippen MR) is 118 cm³/mol. The van der Waals surface area contributed by atoms with Gasteiger partial charge in [-0.15, -0.1) is 0 Å². The van der Waals surface area contributed by atoms with Crippen LogP contribution in [0, 0.1) is 5.82 Å². The van der Waals surface area contributed by atoms with Gasteiger partial charge in [-0.2, -0.15) is 13.1 Å². The maximum Gasteiger partial charge on any atom is 0.300 e. The minimum Gasteiger partial charge on any atom is -0.369 e. The van der Waals surface area contributed by atoms with E-state index in [-0.39, 0.29) is 17.9 Å². The van der Waals surface area contributed by atoms with Crippen molar-refractivity contribution in [2.24, 2.45) is 0 Å². The summed E-state index contributed by atoms with van der Waals surface area (Å²) in [6, 6.07) is 8.22. The Morgan fingerprint density at radius 2 is 1.90 bits per heavy atom. The van der Waals surface area contributed by atoms with Crippen LogP contribution in [0.25, 0.3) is 0 Å². The first-order valence-electron chi connectivity index (χ1n) is 10.0. The molecule has 1 aromatic carbocycles. The Labute approximate surface area is 181 Å². The molecule has 1 aliphatic heterocycles. The lowest BCUT2D eigenvalue weighted by molar-refractivity contribution is 0.0959. The molecule has 3 rings (SSSR count). The molecule has 0 unspecified atom stereocenters. The van der Waals surface area contributed by atoms with Crippen LogP contribution in [0.5, 0.6) is 0 Å². The van der Waals surface area contributed by atoms with Crippen molar-refractivity contribution in [2.75, 3.05) is 49.4 Å². The summed E-state index contributed by atoms with van der Waals surface area (Å²) in [6.45, 7) is 5.59. The van der Waals surface area contributed by atoms with Crippen molar-refractivity contribution in [3.05, 3.63) is 53.5 Å². The van der Waals surface area contributed by atoms with E-state index in [0.717, 1.165) is 24.3 Å². The molecule has 31 heavy (non-hydrogen) atoms. The maximum absolute atomic E-state index is 14.3. The second kappa shape index (κ2) is 10.0. The van der Waals surface area contributed by atoms with Crippen molar-refractivity contribution in [2.45, 2.75) is 13.5 Å². The fraction of sp³-hybridized carbons (Fsp3) is 0.400. The first-order valence-corrected chi connectivity index (χ1v) is 11.5. The molecular formula is C20H27FN6O3S. The number of halogens is 1. The van der Waals surface area contributed by atoms with E-state index >= 15 is 0 Å². The lowest BCUT2D eigenvalue weighted by Gasteiger charge is -2.36. The zero-order valence-electron chi connectivity index (χ0n) is 17.6. The summed E-state index contributed by atoms with van der Waals surface area (Å²) in [5.41, 5.74) is 1.72. The Kier molecular flexibility index (Phi) is 7.42. The molecule has 2 heterocycles. The molecule has 0 bridgehead atoms. The van der Waals surface area contributed by atoms with Gasteiger partial charge in [0.05, 0.1) is 5.56 Å². The molecule has 3 N–H and O–H groups in total. The summed E-state index contributed by atoms with van der Waals surface area (Å²) in [5, 5.41) is 2.43. The number of nitrogens with one attached hydrogen (secondary N) is 3. The molecule has 1 saturated heterocycles. The Morgan fingerprint density at radius 1 is 1.16 bits per heavy atom. The first kappa shape index (κ1) is 22.9. The number of nitrogens with zero attached hydrogens (tertiary/aromatic N) is 3. The van der Waals surface area contributed by atoms with Crippen molar-refractivity contribution < 1.29 is 17.6 Å². The van der Waals surface area contributed by atoms with Crippen molar-refractivity contribution in [3.8, 4) is 0 Å². The highest BCUT2D eigenvalue weighted by Gasteiger charge is 2.20. The molecule has 9 nitrogen and oxygen atoms in total. The van der Waals surface area contributed by atoms with Gasteiger partial charge >= 0.3 is 0 Å². The molecule has 1 amide bonds. The number of pyridine rings is 1. The van der Waals surface area contributed by atoms with E-state index < -0.39 is 21.9 Å². The Bertz CT molecular complexity index is 1030. The standard InChI is InChI=1S/C20H27FN6O3S/c1-3-24-31(29,30)25-19-12-15(6-7-23-19)14-26-8-10-27(11-9-26)16-4-5-17(18(21)13-16)20(28)22-2/h4-7,12-13,24H,3,8-11,14H2,1-2H3,(H,22,28)(H,23,25). The lowest BCUT2D eigenvalue weighted by atomic mass is 10.1. The minimum atomic E-state index is -3.62. The average Bonchev–Trinajstić information content (AvgIpc) is 2.73. The average molecular weight is 451 g/mol. The summed E-state index contributed by atoms with van der Waals surface area (Å²) in [7, 11) is -2.15. The summed E-state index contributed by atoms with van der Waals surface area (Å²) >= 11 is 0. The van der Waals surface area contributed by atoms with Gasteiger partial charge in [0.2, 0.25) is 0 Å². The fourth-order valence-electron chi connectivity index (χ4n) is 3.43. The van der Waals surface area contributed by atoms with Gasteiger partial charge < -0.3 is 10.2 Å². The minimum absolute atomic E-state index is 0.0307. The number of aromatic nitrogens is 1. The molecule has 168 valence electrons. The van der Waals surface area contributed by atoms with E-state index in [0.29, 0.717) is 19.6 Å². The van der Waals surface area contributed by atoms with Gasteiger partial charge in [-0.3, -0.25) is 14.4 Å². The second-order valence-corrected chi connectivity index (χ2v) is 8.66. The smallest absolute Gasteiger partial charge is 0.300 e. The monoisotopic (exact) mass is 450 g/mol. The molecule has 0 spiro atoms. The molecule has 1 aliphatic rings. The third-order valence-corrected chi connectivity index (χ3v) is 6.11. The maximum atomic E-state index is 14.3. The number of hydrogen-bond donors (Lipinski definition) is 3. The van der Waals surface area contributed by atoms with Crippen LogP contribution in [0.3, 0.4) is 0 Å². The third kappa shape index (κ3) is 6.12. The number of carbonyl (C=O) groups excluding carboxylic acids is 1. The van der Waals surface area contributed by atoms with Gasteiger partial charge in [-0.1, -0.05) is 6.92 Å². The van der Waals surface area contributed by atoms with Crippen LogP contribution in [-0.2, 0) is 16.8 Å². The van der Waals surface area contributed by atoms with Gasteiger partial charge in [0.25, 0.3) is 16.1 Å². The summed E-state index contributed by atoms with van der Waals surface area (Å²) in [5.74, 6) is -0.717. The van der Waals surface area contributed by atoms with E-state index in [9.17, 15) is 17.6 Å². The van der Waals surface area contributed by atoms with E-state index in [1.165, 1.54) is 19.2 Å². The van der Waals surface area contributed by atoms with E-state index in [2.05, 4.69) is 29.5 Å². The summed E-state index contributed by atoms with van der Waals surface area (Å²) in [6.07, 6.45) is 1.58. The van der Waals surface area contributed by atoms with Crippen LogP contribution in [0.4, 0.5) is 15.9 Å². The zero-order valence-corrected chi connectivity index (χ0v) is 18.4. The molecule has 0 aliphatic carbocycles. The Balaban J connectivity index is 1.58. The highest BCUT2D eigenvalue weighted by atomic mass is 32.2. The molecule has 0 saturated carbocycles. The number of hydrogen-bond acceptors (Lipinski definition) is 6. The number of carbonyl (C=O) groups is 1. The molecule has 11 heteroatoms. The highest BCUT2D eigenvalue weighted by Crippen LogP contribution is 2.21. The number of rotatable bonds is 8. The zero-order chi connectivity index (χ0) is 22.4. The van der Waals surface area contributed by atoms with Crippen molar-refractivity contribution in [1.29, 1.82) is 0 Å². The van der Waals surface area contributed by atoms with Crippen LogP contribution in [0.2, 0.25) is 0 Å². The fourth-order valence-corrected chi connectivity index (χ4v) is 4.27. The van der Waals surface area contributed by atoms with Gasteiger partial charge in [0.1, 0.15) is 11.6 Å². The number of amides is 1. The summed E-state index contributed by atoms with van der Waals surface area (Å²) < 4.78 is 42.7. The molecule has 2 aromatic rings. The quantitative estimate of drug-likeness (QED) is 0.558. The van der Waals surface area contributed by atoms with Crippen LogP contribution in [-0.4, -0.2) is 64.0 Å². The van der Waals surface area contributed by atoms with Gasteiger partial charge in [0, 0.05) is 58.2 Å². The summed E-state index contributed by atoms with van der Waals surface area (Å²) in [4.78, 5) is 20.0. The van der Waals surface area contributed by atoms with Crippen LogP contribution < -0.4 is 19.7 Å². The van der Waals surface area contributed by atoms with Crippen molar-refractivity contribution >= 4 is 27.6 Å². The Morgan fingerprint density at radius 3 is 2.55 bits per heavy atom. The number of benzene rings is 1.